The number of benzene rings is 1. The van der Waals surface area contributed by atoms with Crippen LogP contribution in [0.1, 0.15) is 44.2 Å². The van der Waals surface area contributed by atoms with E-state index in [2.05, 4.69) is 5.32 Å². The minimum absolute atomic E-state index is 0.000156. The van der Waals surface area contributed by atoms with Crippen molar-refractivity contribution in [2.45, 2.75) is 38.6 Å². The molecule has 1 fully saturated rings. The SMILES string of the molecule is COc1cccc(C(C)NC(=O)C2CCC(CN)CC2)c1. The molecule has 1 atom stereocenters. The zero-order chi connectivity index (χ0) is 15.2. The highest BCUT2D eigenvalue weighted by Crippen LogP contribution is 2.29. The second-order valence-corrected chi connectivity index (χ2v) is 5.96. The molecule has 0 aromatic heterocycles. The zero-order valence-electron chi connectivity index (χ0n) is 13.0. The summed E-state index contributed by atoms with van der Waals surface area (Å²) in [5, 5.41) is 3.12. The van der Waals surface area contributed by atoms with E-state index in [9.17, 15) is 4.79 Å². The predicted octanol–water partition coefficient (Wildman–Crippen LogP) is 2.64. The molecule has 0 saturated heterocycles. The van der Waals surface area contributed by atoms with Gasteiger partial charge in [0.05, 0.1) is 13.2 Å². The van der Waals surface area contributed by atoms with Gasteiger partial charge in [-0.05, 0) is 62.8 Å². The van der Waals surface area contributed by atoms with E-state index in [1.165, 1.54) is 0 Å². The molecule has 1 unspecified atom stereocenters. The molecule has 1 saturated carbocycles. The first-order valence-corrected chi connectivity index (χ1v) is 7.78. The van der Waals surface area contributed by atoms with E-state index in [0.29, 0.717) is 5.92 Å². The van der Waals surface area contributed by atoms with Crippen LogP contribution in [0.4, 0.5) is 0 Å². The quantitative estimate of drug-likeness (QED) is 0.876. The number of carbonyl (C=O) groups excluding carboxylic acids is 1. The molecular weight excluding hydrogens is 264 g/mol. The molecule has 4 nitrogen and oxygen atoms in total. The van der Waals surface area contributed by atoms with E-state index in [1.807, 2.05) is 31.2 Å². The number of ether oxygens (including phenoxy) is 1. The lowest BCUT2D eigenvalue weighted by atomic mass is 9.81. The molecule has 116 valence electrons. The van der Waals surface area contributed by atoms with Crippen LogP contribution in [-0.2, 0) is 4.79 Å². The smallest absolute Gasteiger partial charge is 0.223 e. The third-order valence-corrected chi connectivity index (χ3v) is 4.50. The van der Waals surface area contributed by atoms with Crippen molar-refractivity contribution in [3.8, 4) is 5.75 Å². The molecule has 1 aromatic carbocycles. The van der Waals surface area contributed by atoms with Crippen molar-refractivity contribution in [2.75, 3.05) is 13.7 Å². The Morgan fingerprint density at radius 1 is 1.38 bits per heavy atom. The maximum Gasteiger partial charge on any atom is 0.223 e. The van der Waals surface area contributed by atoms with Crippen LogP contribution in [0.3, 0.4) is 0 Å². The van der Waals surface area contributed by atoms with Gasteiger partial charge < -0.3 is 15.8 Å². The topological polar surface area (TPSA) is 64.3 Å². The van der Waals surface area contributed by atoms with Gasteiger partial charge in [-0.2, -0.15) is 0 Å². The average Bonchev–Trinajstić information content (AvgIpc) is 2.54. The highest BCUT2D eigenvalue weighted by Gasteiger charge is 2.26. The Kier molecular flexibility index (Phi) is 5.62. The van der Waals surface area contributed by atoms with Crippen molar-refractivity contribution < 1.29 is 9.53 Å². The van der Waals surface area contributed by atoms with Gasteiger partial charge in [0, 0.05) is 5.92 Å². The van der Waals surface area contributed by atoms with Crippen LogP contribution in [0.5, 0.6) is 5.75 Å². The minimum atomic E-state index is -0.000156. The number of carbonyl (C=O) groups is 1. The lowest BCUT2D eigenvalue weighted by molar-refractivity contribution is -0.126. The molecule has 1 amide bonds. The predicted molar refractivity (Wildman–Crippen MR) is 84.1 cm³/mol. The molecule has 3 N–H and O–H groups in total. The van der Waals surface area contributed by atoms with Crippen LogP contribution in [-0.4, -0.2) is 19.6 Å². The second-order valence-electron chi connectivity index (χ2n) is 5.96. The summed E-state index contributed by atoms with van der Waals surface area (Å²) in [6, 6.07) is 7.84. The molecule has 0 aliphatic heterocycles. The lowest BCUT2D eigenvalue weighted by Gasteiger charge is -2.28. The Morgan fingerprint density at radius 3 is 2.71 bits per heavy atom. The summed E-state index contributed by atoms with van der Waals surface area (Å²) in [5.74, 6) is 1.73. The summed E-state index contributed by atoms with van der Waals surface area (Å²) in [4.78, 5) is 12.4. The summed E-state index contributed by atoms with van der Waals surface area (Å²) in [6.45, 7) is 2.76. The Balaban J connectivity index is 1.90. The summed E-state index contributed by atoms with van der Waals surface area (Å²) >= 11 is 0. The van der Waals surface area contributed by atoms with Crippen LogP contribution >= 0.6 is 0 Å². The van der Waals surface area contributed by atoms with Crippen molar-refractivity contribution in [3.63, 3.8) is 0 Å². The van der Waals surface area contributed by atoms with Gasteiger partial charge >= 0.3 is 0 Å². The van der Waals surface area contributed by atoms with E-state index in [0.717, 1.165) is 43.5 Å². The van der Waals surface area contributed by atoms with Crippen LogP contribution in [0.15, 0.2) is 24.3 Å². The number of hydrogen-bond donors (Lipinski definition) is 2. The van der Waals surface area contributed by atoms with Gasteiger partial charge in [0.25, 0.3) is 0 Å². The Hall–Kier alpha value is -1.55. The number of methoxy groups -OCH3 is 1. The zero-order valence-corrected chi connectivity index (χ0v) is 13.0. The van der Waals surface area contributed by atoms with E-state index >= 15 is 0 Å². The number of amides is 1. The standard InChI is InChI=1S/C17H26N2O2/c1-12(15-4-3-5-16(10-15)21-2)19-17(20)14-8-6-13(11-18)7-9-14/h3-5,10,12-14H,6-9,11,18H2,1-2H3,(H,19,20). The summed E-state index contributed by atoms with van der Waals surface area (Å²) in [6.07, 6.45) is 4.06. The van der Waals surface area contributed by atoms with Crippen LogP contribution in [0, 0.1) is 11.8 Å². The summed E-state index contributed by atoms with van der Waals surface area (Å²) in [7, 11) is 1.65. The van der Waals surface area contributed by atoms with Crippen LogP contribution < -0.4 is 15.8 Å². The number of nitrogens with one attached hydrogen (secondary N) is 1. The van der Waals surface area contributed by atoms with Gasteiger partial charge in [0.2, 0.25) is 5.91 Å². The molecule has 0 heterocycles. The fourth-order valence-corrected chi connectivity index (χ4v) is 2.99. The molecule has 4 heteroatoms. The Morgan fingerprint density at radius 2 is 2.10 bits per heavy atom. The average molecular weight is 290 g/mol. The van der Waals surface area contributed by atoms with E-state index in [1.54, 1.807) is 7.11 Å². The molecule has 1 aliphatic rings. The molecule has 0 spiro atoms. The molecule has 1 aliphatic carbocycles. The van der Waals surface area contributed by atoms with Gasteiger partial charge in [-0.15, -0.1) is 0 Å². The fourth-order valence-electron chi connectivity index (χ4n) is 2.99. The summed E-state index contributed by atoms with van der Waals surface area (Å²) < 4.78 is 5.23. The lowest BCUT2D eigenvalue weighted by Crippen LogP contribution is -2.35. The fraction of sp³-hybridized carbons (Fsp3) is 0.588. The highest BCUT2D eigenvalue weighted by atomic mass is 16.5. The van der Waals surface area contributed by atoms with E-state index < -0.39 is 0 Å². The number of hydrogen-bond acceptors (Lipinski definition) is 3. The second kappa shape index (κ2) is 7.46. The van der Waals surface area contributed by atoms with Gasteiger partial charge in [0.15, 0.2) is 0 Å². The maximum absolute atomic E-state index is 12.4. The van der Waals surface area contributed by atoms with Gasteiger partial charge in [0.1, 0.15) is 5.75 Å². The highest BCUT2D eigenvalue weighted by molar-refractivity contribution is 5.79. The third kappa shape index (κ3) is 4.21. The molecule has 21 heavy (non-hydrogen) atoms. The minimum Gasteiger partial charge on any atom is -0.497 e. The van der Waals surface area contributed by atoms with Crippen molar-refractivity contribution in [1.82, 2.24) is 5.32 Å². The molecule has 0 bridgehead atoms. The molecule has 1 aromatic rings. The van der Waals surface area contributed by atoms with Crippen molar-refractivity contribution in [2.24, 2.45) is 17.6 Å². The van der Waals surface area contributed by atoms with E-state index in [4.69, 9.17) is 10.5 Å². The first kappa shape index (κ1) is 15.8. The number of rotatable bonds is 5. The van der Waals surface area contributed by atoms with Crippen molar-refractivity contribution in [3.05, 3.63) is 29.8 Å². The molecule has 2 rings (SSSR count). The largest absolute Gasteiger partial charge is 0.497 e. The van der Waals surface area contributed by atoms with Crippen LogP contribution in [0.25, 0.3) is 0 Å². The molecule has 0 radical (unpaired) electrons. The Labute approximate surface area is 127 Å². The Bertz CT molecular complexity index is 468. The van der Waals surface area contributed by atoms with Gasteiger partial charge in [-0.3, -0.25) is 4.79 Å². The maximum atomic E-state index is 12.4. The van der Waals surface area contributed by atoms with Crippen molar-refractivity contribution >= 4 is 5.91 Å². The van der Waals surface area contributed by atoms with Gasteiger partial charge in [-0.1, -0.05) is 12.1 Å². The first-order chi connectivity index (χ1) is 10.1. The van der Waals surface area contributed by atoms with Crippen molar-refractivity contribution in [1.29, 1.82) is 0 Å². The third-order valence-electron chi connectivity index (χ3n) is 4.50. The van der Waals surface area contributed by atoms with Crippen LogP contribution in [0.2, 0.25) is 0 Å². The summed E-state index contributed by atoms with van der Waals surface area (Å²) in [5.41, 5.74) is 6.76. The van der Waals surface area contributed by atoms with Gasteiger partial charge in [-0.25, -0.2) is 0 Å². The number of nitrogens with two attached hydrogens (primary N) is 1. The molecular formula is C17H26N2O2. The normalized spacial score (nSPS) is 23.4. The first-order valence-electron chi connectivity index (χ1n) is 7.78. The monoisotopic (exact) mass is 290 g/mol. The van der Waals surface area contributed by atoms with E-state index in [-0.39, 0.29) is 17.9 Å².